The van der Waals surface area contributed by atoms with Gasteiger partial charge in [0.25, 0.3) is 0 Å². The van der Waals surface area contributed by atoms with Gasteiger partial charge in [-0.2, -0.15) is 0 Å². The predicted octanol–water partition coefficient (Wildman–Crippen LogP) is 2.58. The minimum absolute atomic E-state index is 0.0897. The van der Waals surface area contributed by atoms with Gasteiger partial charge >= 0.3 is 0 Å². The largest absolute Gasteiger partial charge is 0.315 e. The van der Waals surface area contributed by atoms with Crippen LogP contribution in [0.5, 0.6) is 0 Å². The fraction of sp³-hybridized carbons (Fsp3) is 0.600. The fourth-order valence-electron chi connectivity index (χ4n) is 1.98. The molecule has 0 aliphatic carbocycles. The Labute approximate surface area is 127 Å². The molecule has 1 aromatic carbocycles. The molecule has 0 aromatic heterocycles. The highest BCUT2D eigenvalue weighted by atomic mass is 32.2. The first-order valence-electron chi connectivity index (χ1n) is 7.29. The smallest absolute Gasteiger partial charge is 0.212 e. The van der Waals surface area contributed by atoms with Gasteiger partial charge in [-0.15, -0.1) is 0 Å². The maximum absolute atomic E-state index is 13.1. The number of halogens is 1. The van der Waals surface area contributed by atoms with Crippen molar-refractivity contribution in [2.24, 2.45) is 0 Å². The van der Waals surface area contributed by atoms with Crippen molar-refractivity contribution in [2.75, 3.05) is 12.3 Å². The normalized spacial score (nSPS) is 13.6. The number of nitrogens with one attached hydrogen (secondary N) is 2. The molecular weight excluding hydrogens is 291 g/mol. The Kier molecular flexibility index (Phi) is 7.28. The van der Waals surface area contributed by atoms with E-state index in [9.17, 15) is 12.8 Å². The van der Waals surface area contributed by atoms with Crippen molar-refractivity contribution in [3.8, 4) is 0 Å². The Balaban J connectivity index is 2.41. The second-order valence-corrected chi connectivity index (χ2v) is 7.40. The molecule has 0 aliphatic rings. The quantitative estimate of drug-likeness (QED) is 0.689. The van der Waals surface area contributed by atoms with Gasteiger partial charge in [-0.05, 0) is 44.0 Å². The monoisotopic (exact) mass is 316 g/mol. The summed E-state index contributed by atoms with van der Waals surface area (Å²) in [6.45, 7) is 6.64. The third-order valence-corrected chi connectivity index (χ3v) is 4.64. The lowest BCUT2D eigenvalue weighted by molar-refractivity contribution is 0.548. The van der Waals surface area contributed by atoms with Crippen LogP contribution in [0.2, 0.25) is 0 Å². The average molecular weight is 316 g/mol. The number of benzene rings is 1. The maximum Gasteiger partial charge on any atom is 0.212 e. The number of rotatable bonds is 9. The summed E-state index contributed by atoms with van der Waals surface area (Å²) < 4.78 is 39.7. The zero-order valence-corrected chi connectivity index (χ0v) is 13.7. The molecule has 1 atom stereocenters. The third kappa shape index (κ3) is 7.55. The van der Waals surface area contributed by atoms with Gasteiger partial charge in [0, 0.05) is 12.1 Å². The highest BCUT2D eigenvalue weighted by molar-refractivity contribution is 7.89. The van der Waals surface area contributed by atoms with Gasteiger partial charge in [0.15, 0.2) is 0 Å². The van der Waals surface area contributed by atoms with E-state index in [1.54, 1.807) is 19.1 Å². The molecule has 6 heteroatoms. The molecule has 4 nitrogen and oxygen atoms in total. The van der Waals surface area contributed by atoms with Crippen LogP contribution in [-0.2, 0) is 10.0 Å². The molecule has 0 amide bonds. The molecule has 2 N–H and O–H groups in total. The Morgan fingerprint density at radius 2 is 1.90 bits per heavy atom. The van der Waals surface area contributed by atoms with E-state index >= 15 is 0 Å². The Hall–Kier alpha value is -0.980. The van der Waals surface area contributed by atoms with Crippen molar-refractivity contribution >= 4 is 10.0 Å². The predicted molar refractivity (Wildman–Crippen MR) is 84.1 cm³/mol. The van der Waals surface area contributed by atoms with Gasteiger partial charge in [0.1, 0.15) is 5.82 Å². The van der Waals surface area contributed by atoms with Crippen LogP contribution in [0.3, 0.4) is 0 Å². The van der Waals surface area contributed by atoms with Gasteiger partial charge < -0.3 is 5.32 Å². The van der Waals surface area contributed by atoms with Crippen LogP contribution in [-0.4, -0.2) is 26.8 Å². The number of unbranched alkanes of at least 4 members (excludes halogenated alkanes) is 1. The second kappa shape index (κ2) is 8.46. The minimum atomic E-state index is -3.34. The van der Waals surface area contributed by atoms with Gasteiger partial charge in [0.05, 0.1) is 5.75 Å². The van der Waals surface area contributed by atoms with Crippen molar-refractivity contribution in [3.05, 3.63) is 35.6 Å². The highest BCUT2D eigenvalue weighted by Gasteiger charge is 2.15. The summed E-state index contributed by atoms with van der Waals surface area (Å²) >= 11 is 0. The van der Waals surface area contributed by atoms with Gasteiger partial charge in [-0.25, -0.2) is 17.5 Å². The first kappa shape index (κ1) is 18.1. The minimum Gasteiger partial charge on any atom is -0.315 e. The molecule has 0 aliphatic heterocycles. The molecule has 0 saturated heterocycles. The highest BCUT2D eigenvalue weighted by Crippen LogP contribution is 2.14. The summed E-state index contributed by atoms with van der Waals surface area (Å²) in [5.74, 6) is -0.273. The molecule has 21 heavy (non-hydrogen) atoms. The topological polar surface area (TPSA) is 58.2 Å². The summed E-state index contributed by atoms with van der Waals surface area (Å²) in [6.07, 6.45) is 1.42. The van der Waals surface area contributed by atoms with Crippen LogP contribution in [0.4, 0.5) is 4.39 Å². The van der Waals surface area contributed by atoms with Crippen molar-refractivity contribution < 1.29 is 12.8 Å². The molecule has 120 valence electrons. The third-order valence-electron chi connectivity index (χ3n) is 3.10. The SMILES string of the molecule is CC(C)NCCCCS(=O)(=O)NC(C)c1cccc(F)c1. The van der Waals surface area contributed by atoms with Crippen LogP contribution < -0.4 is 10.0 Å². The van der Waals surface area contributed by atoms with Gasteiger partial charge in [0.2, 0.25) is 10.0 Å². The lowest BCUT2D eigenvalue weighted by Gasteiger charge is -2.15. The molecule has 0 spiro atoms. The zero-order valence-electron chi connectivity index (χ0n) is 12.9. The van der Waals surface area contributed by atoms with Crippen LogP contribution >= 0.6 is 0 Å². The molecule has 0 bridgehead atoms. The average Bonchev–Trinajstić information content (AvgIpc) is 2.37. The van der Waals surface area contributed by atoms with Crippen molar-refractivity contribution in [1.29, 1.82) is 0 Å². The molecule has 0 heterocycles. The summed E-state index contributed by atoms with van der Waals surface area (Å²) in [7, 11) is -3.34. The fourth-order valence-corrected chi connectivity index (χ4v) is 3.36. The van der Waals surface area contributed by atoms with Gasteiger partial charge in [-0.1, -0.05) is 26.0 Å². The van der Waals surface area contributed by atoms with Crippen LogP contribution in [0.15, 0.2) is 24.3 Å². The lowest BCUT2D eigenvalue weighted by Crippen LogP contribution is -2.30. The molecule has 1 aromatic rings. The van der Waals surface area contributed by atoms with Crippen molar-refractivity contribution in [3.63, 3.8) is 0 Å². The first-order chi connectivity index (χ1) is 9.80. The van der Waals surface area contributed by atoms with E-state index in [0.29, 0.717) is 18.0 Å². The van der Waals surface area contributed by atoms with Gasteiger partial charge in [-0.3, -0.25) is 0 Å². The van der Waals surface area contributed by atoms with Crippen LogP contribution in [0.25, 0.3) is 0 Å². The molecule has 0 fully saturated rings. The second-order valence-electron chi connectivity index (χ2n) is 5.53. The Bertz CT molecular complexity index is 532. The molecule has 0 saturated carbocycles. The Morgan fingerprint density at radius 3 is 2.52 bits per heavy atom. The van der Waals surface area contributed by atoms with Crippen LogP contribution in [0, 0.1) is 5.82 Å². The van der Waals surface area contributed by atoms with E-state index in [2.05, 4.69) is 23.9 Å². The van der Waals surface area contributed by atoms with Crippen LogP contribution in [0.1, 0.15) is 45.2 Å². The van der Waals surface area contributed by atoms with E-state index in [0.717, 1.165) is 13.0 Å². The summed E-state index contributed by atoms with van der Waals surface area (Å²) in [5, 5.41) is 3.25. The number of hydrogen-bond donors (Lipinski definition) is 2. The summed E-state index contributed by atoms with van der Waals surface area (Å²) in [5.41, 5.74) is 0.625. The number of sulfonamides is 1. The van der Waals surface area contributed by atoms with E-state index < -0.39 is 16.1 Å². The van der Waals surface area contributed by atoms with E-state index in [-0.39, 0.29) is 11.6 Å². The van der Waals surface area contributed by atoms with E-state index in [1.165, 1.54) is 12.1 Å². The van der Waals surface area contributed by atoms with E-state index in [4.69, 9.17) is 0 Å². The first-order valence-corrected chi connectivity index (χ1v) is 8.94. The van der Waals surface area contributed by atoms with E-state index in [1.807, 2.05) is 0 Å². The summed E-state index contributed by atoms with van der Waals surface area (Å²) in [4.78, 5) is 0. The maximum atomic E-state index is 13.1. The molecule has 0 radical (unpaired) electrons. The summed E-state index contributed by atoms with van der Waals surface area (Å²) in [6, 6.07) is 5.95. The molecule has 1 unspecified atom stereocenters. The molecular formula is C15H25FN2O2S. The standard InChI is InChI=1S/C15H25FN2O2S/c1-12(2)17-9-4-5-10-21(19,20)18-13(3)14-7-6-8-15(16)11-14/h6-8,11-13,17-18H,4-5,9-10H2,1-3H3. The number of hydrogen-bond acceptors (Lipinski definition) is 3. The molecule has 1 rings (SSSR count). The zero-order chi connectivity index (χ0) is 15.9. The van der Waals surface area contributed by atoms with Crippen molar-refractivity contribution in [2.45, 2.75) is 45.7 Å². The van der Waals surface area contributed by atoms with Crippen molar-refractivity contribution in [1.82, 2.24) is 10.0 Å². The lowest BCUT2D eigenvalue weighted by atomic mass is 10.1. The Morgan fingerprint density at radius 1 is 1.19 bits per heavy atom.